The molecule has 1 heterocycles. The minimum Gasteiger partial charge on any atom is -0.376 e. The van der Waals surface area contributed by atoms with Crippen LogP contribution in [0.4, 0.5) is 24.5 Å². The van der Waals surface area contributed by atoms with Gasteiger partial charge < -0.3 is 10.6 Å². The average Bonchev–Trinajstić information content (AvgIpc) is 2.66. The summed E-state index contributed by atoms with van der Waals surface area (Å²) in [7, 11) is 2.01. The zero-order valence-electron chi connectivity index (χ0n) is 15.3. The van der Waals surface area contributed by atoms with E-state index in [1.165, 1.54) is 6.07 Å². The van der Waals surface area contributed by atoms with Crippen molar-refractivity contribution in [3.63, 3.8) is 0 Å². The number of rotatable bonds is 4. The third-order valence-electron chi connectivity index (χ3n) is 4.91. The molecule has 1 fully saturated rings. The number of carbonyl (C=O) groups excluding carboxylic acids is 1. The number of halogens is 3. The second-order valence-corrected chi connectivity index (χ2v) is 7.30. The molecule has 2 N–H and O–H groups in total. The molecular formula is C20H20F3N3OS. The Kier molecular flexibility index (Phi) is 6.00. The molecule has 0 amide bonds. The number of carbonyl (C=O) groups is 1. The molecule has 28 heavy (non-hydrogen) atoms. The summed E-state index contributed by atoms with van der Waals surface area (Å²) < 4.78 is 41.6. The number of ketones is 1. The molecule has 1 aliphatic rings. The van der Waals surface area contributed by atoms with Crippen LogP contribution in [0.3, 0.4) is 0 Å². The van der Waals surface area contributed by atoms with Crippen LogP contribution in [-0.4, -0.2) is 35.9 Å². The number of likely N-dealkylation sites (tertiary alicyclic amines) is 1. The highest BCUT2D eigenvalue weighted by molar-refractivity contribution is 7.80. The van der Waals surface area contributed by atoms with Gasteiger partial charge in [-0.15, -0.1) is 0 Å². The Morgan fingerprint density at radius 2 is 1.86 bits per heavy atom. The molecule has 0 spiro atoms. The topological polar surface area (TPSA) is 49.6 Å². The maximum absolute atomic E-state index is 14.3. The molecular weight excluding hydrogens is 387 g/mol. The van der Waals surface area contributed by atoms with Gasteiger partial charge in [0.1, 0.15) is 5.82 Å². The van der Waals surface area contributed by atoms with E-state index in [0.717, 1.165) is 36.9 Å². The smallest absolute Gasteiger partial charge is 0.183 e. The van der Waals surface area contributed by atoms with Gasteiger partial charge in [0.2, 0.25) is 0 Å². The maximum Gasteiger partial charge on any atom is 0.183 e. The summed E-state index contributed by atoms with van der Waals surface area (Å²) in [5, 5.41) is -0.298. The summed E-state index contributed by atoms with van der Waals surface area (Å²) in [4.78, 5) is 16.0. The van der Waals surface area contributed by atoms with Crippen molar-refractivity contribution in [3.05, 3.63) is 59.4 Å². The summed E-state index contributed by atoms with van der Waals surface area (Å²) in [5.41, 5.74) is 5.94. The maximum atomic E-state index is 14.3. The minimum atomic E-state index is -1.35. The van der Waals surface area contributed by atoms with Gasteiger partial charge in [0.15, 0.2) is 22.5 Å². The molecule has 8 heteroatoms. The van der Waals surface area contributed by atoms with E-state index >= 15 is 0 Å². The molecule has 0 atom stereocenters. The van der Waals surface area contributed by atoms with Crippen LogP contribution in [0.15, 0.2) is 36.4 Å². The fourth-order valence-electron chi connectivity index (χ4n) is 3.39. The molecule has 0 aliphatic carbocycles. The van der Waals surface area contributed by atoms with Gasteiger partial charge in [-0.1, -0.05) is 12.1 Å². The first kappa shape index (κ1) is 20.3. The molecule has 2 aromatic rings. The van der Waals surface area contributed by atoms with Gasteiger partial charge in [0, 0.05) is 29.3 Å². The molecule has 0 unspecified atom stereocenters. The first-order chi connectivity index (χ1) is 13.3. The lowest BCUT2D eigenvalue weighted by Crippen LogP contribution is -2.34. The molecule has 1 saturated heterocycles. The Morgan fingerprint density at radius 1 is 1.18 bits per heavy atom. The van der Waals surface area contributed by atoms with Crippen molar-refractivity contribution in [2.45, 2.75) is 12.8 Å². The van der Waals surface area contributed by atoms with E-state index < -0.39 is 23.1 Å². The molecule has 0 bridgehead atoms. The van der Waals surface area contributed by atoms with Gasteiger partial charge in [-0.3, -0.25) is 9.69 Å². The summed E-state index contributed by atoms with van der Waals surface area (Å²) >= 11 is 4.98. The van der Waals surface area contributed by atoms with Gasteiger partial charge in [0.05, 0.1) is 5.69 Å². The Morgan fingerprint density at radius 3 is 2.50 bits per heavy atom. The Hall–Kier alpha value is -2.45. The van der Waals surface area contributed by atoms with E-state index in [1.54, 1.807) is 18.2 Å². The van der Waals surface area contributed by atoms with E-state index in [4.69, 9.17) is 18.0 Å². The van der Waals surface area contributed by atoms with Gasteiger partial charge in [-0.2, -0.15) is 0 Å². The monoisotopic (exact) mass is 407 g/mol. The van der Waals surface area contributed by atoms with Crippen LogP contribution in [0.25, 0.3) is 0 Å². The third kappa shape index (κ3) is 4.18. The van der Waals surface area contributed by atoms with Crippen LogP contribution in [0.2, 0.25) is 0 Å². The quantitative estimate of drug-likeness (QED) is 0.472. The van der Waals surface area contributed by atoms with E-state index in [-0.39, 0.29) is 22.5 Å². The van der Waals surface area contributed by atoms with Crippen molar-refractivity contribution in [2.75, 3.05) is 25.0 Å². The number of anilines is 2. The van der Waals surface area contributed by atoms with Crippen molar-refractivity contribution in [1.82, 2.24) is 4.90 Å². The van der Waals surface area contributed by atoms with Gasteiger partial charge in [-0.05, 0) is 57.3 Å². The fraction of sp³-hybridized carbons (Fsp3) is 0.300. The molecule has 2 aromatic carbocycles. The van der Waals surface area contributed by atoms with Gasteiger partial charge in [0.25, 0.3) is 0 Å². The number of hydrogen-bond acceptors (Lipinski definition) is 3. The Labute approximate surface area is 166 Å². The molecule has 1 aliphatic heterocycles. The third-order valence-corrected chi connectivity index (χ3v) is 5.10. The normalized spacial score (nSPS) is 15.4. The lowest BCUT2D eigenvalue weighted by atomic mass is 9.89. The highest BCUT2D eigenvalue weighted by atomic mass is 32.1. The van der Waals surface area contributed by atoms with Crippen LogP contribution in [0, 0.1) is 23.4 Å². The minimum absolute atomic E-state index is 0.0243. The first-order valence-corrected chi connectivity index (χ1v) is 9.25. The molecule has 0 aromatic heterocycles. The lowest BCUT2D eigenvalue weighted by molar-refractivity contribution is 0.0857. The predicted octanol–water partition coefficient (Wildman–Crippen LogP) is 4.01. The fourth-order valence-corrected chi connectivity index (χ4v) is 3.60. The summed E-state index contributed by atoms with van der Waals surface area (Å²) in [6.45, 7) is 1.67. The summed E-state index contributed by atoms with van der Waals surface area (Å²) in [5.74, 6) is -3.72. The number of nitrogens with two attached hydrogens (primary N) is 1. The van der Waals surface area contributed by atoms with Gasteiger partial charge in [-0.25, -0.2) is 13.2 Å². The van der Waals surface area contributed by atoms with E-state index in [2.05, 4.69) is 4.90 Å². The molecule has 0 saturated carbocycles. The van der Waals surface area contributed by atoms with Gasteiger partial charge >= 0.3 is 0 Å². The van der Waals surface area contributed by atoms with Crippen LogP contribution in [0.5, 0.6) is 0 Å². The summed E-state index contributed by atoms with van der Waals surface area (Å²) in [6.07, 6.45) is 1.50. The molecule has 3 rings (SSSR count). The van der Waals surface area contributed by atoms with Crippen LogP contribution in [0.1, 0.15) is 23.2 Å². The number of thiocarbonyl (C=S) groups is 1. The molecule has 4 nitrogen and oxygen atoms in total. The SMILES string of the molecule is CN1CCC(C(=O)c2cccc(N(C(N)=S)c3cc(F)cc(F)c3F)c2)CC1. The number of nitrogens with zero attached hydrogens (tertiary/aromatic N) is 2. The van der Waals surface area contributed by atoms with E-state index in [9.17, 15) is 18.0 Å². The number of Topliss-reactive ketones (excluding diaryl/α,β-unsaturated/α-hetero) is 1. The van der Waals surface area contributed by atoms with E-state index in [0.29, 0.717) is 11.6 Å². The average molecular weight is 407 g/mol. The second-order valence-electron chi connectivity index (χ2n) is 6.89. The van der Waals surface area contributed by atoms with Crippen LogP contribution >= 0.6 is 12.2 Å². The zero-order chi connectivity index (χ0) is 20.4. The predicted molar refractivity (Wildman–Crippen MR) is 106 cm³/mol. The highest BCUT2D eigenvalue weighted by Gasteiger charge is 2.26. The number of hydrogen-bond donors (Lipinski definition) is 1. The van der Waals surface area contributed by atoms with Crippen molar-refractivity contribution in [3.8, 4) is 0 Å². The zero-order valence-corrected chi connectivity index (χ0v) is 16.1. The Bertz CT molecular complexity index is 914. The van der Waals surface area contributed by atoms with Crippen molar-refractivity contribution in [2.24, 2.45) is 11.7 Å². The van der Waals surface area contributed by atoms with Crippen molar-refractivity contribution >= 4 is 34.5 Å². The summed E-state index contributed by atoms with van der Waals surface area (Å²) in [6, 6.07) is 7.58. The first-order valence-electron chi connectivity index (χ1n) is 8.85. The van der Waals surface area contributed by atoms with Crippen LogP contribution < -0.4 is 10.6 Å². The number of piperidine rings is 1. The Balaban J connectivity index is 1.97. The molecule has 0 radical (unpaired) electrons. The van der Waals surface area contributed by atoms with E-state index in [1.807, 2.05) is 7.05 Å². The molecule has 148 valence electrons. The van der Waals surface area contributed by atoms with Crippen molar-refractivity contribution < 1.29 is 18.0 Å². The van der Waals surface area contributed by atoms with Crippen molar-refractivity contribution in [1.29, 1.82) is 0 Å². The van der Waals surface area contributed by atoms with Crippen LogP contribution in [-0.2, 0) is 0 Å². The lowest BCUT2D eigenvalue weighted by Gasteiger charge is -2.28. The second kappa shape index (κ2) is 8.28. The largest absolute Gasteiger partial charge is 0.376 e. The number of benzene rings is 2. The standard InChI is InChI=1S/C20H20F3N3OS/c1-25-7-5-12(6-8-25)19(27)13-3-2-4-15(9-13)26(20(24)28)17-11-14(21)10-16(22)18(17)23/h2-4,9-12H,5-8H2,1H3,(H2,24,28). The highest BCUT2D eigenvalue weighted by Crippen LogP contribution is 2.31.